The second-order valence-corrected chi connectivity index (χ2v) is 4.48. The lowest BCUT2D eigenvalue weighted by atomic mass is 9.94. The van der Waals surface area contributed by atoms with E-state index in [4.69, 9.17) is 0 Å². The van der Waals surface area contributed by atoms with Gasteiger partial charge in [0.05, 0.1) is 0 Å². The van der Waals surface area contributed by atoms with E-state index in [-0.39, 0.29) is 0 Å². The van der Waals surface area contributed by atoms with Gasteiger partial charge in [-0.2, -0.15) is 0 Å². The molecule has 0 aliphatic heterocycles. The molecule has 2 aromatic rings. The van der Waals surface area contributed by atoms with Crippen LogP contribution in [0.25, 0.3) is 0 Å². The van der Waals surface area contributed by atoms with Crippen LogP contribution in [0.2, 0.25) is 0 Å². The van der Waals surface area contributed by atoms with Crippen molar-refractivity contribution in [2.75, 3.05) is 0 Å². The predicted octanol–water partition coefficient (Wildman–Crippen LogP) is 4.11. The number of hydrogen-bond acceptors (Lipinski definition) is 0. The molecule has 0 aliphatic rings. The van der Waals surface area contributed by atoms with Crippen molar-refractivity contribution >= 4 is 0 Å². The maximum Gasteiger partial charge on any atom is -0.0250 e. The minimum atomic E-state index is 0.699. The molecule has 16 heavy (non-hydrogen) atoms. The first kappa shape index (κ1) is 10.9. The highest BCUT2D eigenvalue weighted by atomic mass is 14.1. The fourth-order valence-corrected chi connectivity index (χ4v) is 2.11. The molecule has 0 bridgehead atoms. The molecular weight excluding hydrogens is 192 g/mol. The summed E-state index contributed by atoms with van der Waals surface area (Å²) >= 11 is 0. The molecule has 0 radical (unpaired) electrons. The standard InChI is InChI=1S/C16H18/c1-14(12-15-8-4-2-5-9-15)13-16-10-6-3-7-11-16/h2-11,14H,12-13H2,1H3. The van der Waals surface area contributed by atoms with Crippen molar-refractivity contribution in [3.05, 3.63) is 71.8 Å². The van der Waals surface area contributed by atoms with Gasteiger partial charge >= 0.3 is 0 Å². The Kier molecular flexibility index (Phi) is 3.76. The van der Waals surface area contributed by atoms with Gasteiger partial charge in [-0.3, -0.25) is 0 Å². The lowest BCUT2D eigenvalue weighted by Gasteiger charge is -2.11. The molecular formula is C16H18. The number of hydrogen-bond donors (Lipinski definition) is 0. The van der Waals surface area contributed by atoms with Crippen molar-refractivity contribution in [3.8, 4) is 0 Å². The third-order valence-corrected chi connectivity index (χ3v) is 2.85. The van der Waals surface area contributed by atoms with Crippen LogP contribution in [0.15, 0.2) is 60.7 Å². The largest absolute Gasteiger partial charge is 0.0622 e. The smallest absolute Gasteiger partial charge is 0.0250 e. The van der Waals surface area contributed by atoms with Gasteiger partial charge in [0, 0.05) is 0 Å². The molecule has 82 valence electrons. The lowest BCUT2D eigenvalue weighted by molar-refractivity contribution is 0.577. The van der Waals surface area contributed by atoms with Crippen molar-refractivity contribution in [3.63, 3.8) is 0 Å². The fourth-order valence-electron chi connectivity index (χ4n) is 2.11. The Morgan fingerprint density at radius 3 is 1.44 bits per heavy atom. The molecule has 0 saturated carbocycles. The van der Waals surface area contributed by atoms with Gasteiger partial charge in [-0.1, -0.05) is 67.6 Å². The van der Waals surface area contributed by atoms with Crippen LogP contribution in [0.3, 0.4) is 0 Å². The number of benzene rings is 2. The highest BCUT2D eigenvalue weighted by Crippen LogP contribution is 2.13. The van der Waals surface area contributed by atoms with Crippen LogP contribution in [0.1, 0.15) is 18.1 Å². The SMILES string of the molecule is CC(Cc1ccccc1)Cc1ccccc1. The van der Waals surface area contributed by atoms with Gasteiger partial charge in [0.2, 0.25) is 0 Å². The predicted molar refractivity (Wildman–Crippen MR) is 69.5 cm³/mol. The zero-order chi connectivity index (χ0) is 11.2. The van der Waals surface area contributed by atoms with E-state index in [1.54, 1.807) is 0 Å². The summed E-state index contributed by atoms with van der Waals surface area (Å²) < 4.78 is 0. The molecule has 0 atom stereocenters. The van der Waals surface area contributed by atoms with Crippen LogP contribution in [-0.4, -0.2) is 0 Å². The summed E-state index contributed by atoms with van der Waals surface area (Å²) in [6, 6.07) is 21.5. The Hall–Kier alpha value is -1.56. The molecule has 0 N–H and O–H groups in total. The van der Waals surface area contributed by atoms with E-state index in [1.165, 1.54) is 11.1 Å². The van der Waals surface area contributed by atoms with Gasteiger partial charge in [-0.25, -0.2) is 0 Å². The average molecular weight is 210 g/mol. The zero-order valence-corrected chi connectivity index (χ0v) is 9.77. The van der Waals surface area contributed by atoms with E-state index in [0.29, 0.717) is 5.92 Å². The van der Waals surface area contributed by atoms with E-state index in [2.05, 4.69) is 67.6 Å². The van der Waals surface area contributed by atoms with Crippen LogP contribution in [-0.2, 0) is 12.8 Å². The van der Waals surface area contributed by atoms with Crippen LogP contribution in [0.4, 0.5) is 0 Å². The normalized spacial score (nSPS) is 10.6. The summed E-state index contributed by atoms with van der Waals surface area (Å²) in [6.45, 7) is 2.32. The minimum Gasteiger partial charge on any atom is -0.0622 e. The van der Waals surface area contributed by atoms with Gasteiger partial charge in [0.1, 0.15) is 0 Å². The van der Waals surface area contributed by atoms with Gasteiger partial charge in [0.25, 0.3) is 0 Å². The summed E-state index contributed by atoms with van der Waals surface area (Å²) in [7, 11) is 0. The first-order valence-electron chi connectivity index (χ1n) is 5.92. The minimum absolute atomic E-state index is 0.699. The summed E-state index contributed by atoms with van der Waals surface area (Å²) in [5.41, 5.74) is 2.87. The molecule has 0 fully saturated rings. The monoisotopic (exact) mass is 210 g/mol. The molecule has 0 aromatic heterocycles. The molecule has 0 saturated heterocycles. The van der Waals surface area contributed by atoms with E-state index in [9.17, 15) is 0 Å². The Bertz CT molecular complexity index is 361. The second kappa shape index (κ2) is 5.50. The van der Waals surface area contributed by atoms with Crippen molar-refractivity contribution in [1.82, 2.24) is 0 Å². The van der Waals surface area contributed by atoms with Crippen LogP contribution in [0.5, 0.6) is 0 Å². The number of rotatable bonds is 4. The summed E-state index contributed by atoms with van der Waals surface area (Å²) in [5, 5.41) is 0. The zero-order valence-electron chi connectivity index (χ0n) is 9.77. The molecule has 2 aromatic carbocycles. The van der Waals surface area contributed by atoms with Crippen molar-refractivity contribution in [2.45, 2.75) is 19.8 Å². The fraction of sp³-hybridized carbons (Fsp3) is 0.250. The van der Waals surface area contributed by atoms with E-state index in [1.807, 2.05) is 0 Å². The maximum absolute atomic E-state index is 2.32. The van der Waals surface area contributed by atoms with Crippen LogP contribution in [0, 0.1) is 5.92 Å². The van der Waals surface area contributed by atoms with Gasteiger partial charge in [-0.15, -0.1) is 0 Å². The average Bonchev–Trinajstić information content (AvgIpc) is 2.31. The lowest BCUT2D eigenvalue weighted by Crippen LogP contribution is -2.03. The Morgan fingerprint density at radius 2 is 1.06 bits per heavy atom. The third-order valence-electron chi connectivity index (χ3n) is 2.85. The quantitative estimate of drug-likeness (QED) is 0.712. The molecule has 0 amide bonds. The summed E-state index contributed by atoms with van der Waals surface area (Å²) in [6.07, 6.45) is 2.32. The molecule has 0 spiro atoms. The van der Waals surface area contributed by atoms with Crippen LogP contribution >= 0.6 is 0 Å². The summed E-state index contributed by atoms with van der Waals surface area (Å²) in [4.78, 5) is 0. The second-order valence-electron chi connectivity index (χ2n) is 4.48. The van der Waals surface area contributed by atoms with Crippen molar-refractivity contribution < 1.29 is 0 Å². The first-order chi connectivity index (χ1) is 7.84. The molecule has 0 heterocycles. The van der Waals surface area contributed by atoms with E-state index in [0.717, 1.165) is 12.8 Å². The van der Waals surface area contributed by atoms with Gasteiger partial charge in [-0.05, 0) is 29.9 Å². The van der Waals surface area contributed by atoms with Gasteiger partial charge in [0.15, 0.2) is 0 Å². The molecule has 0 unspecified atom stereocenters. The Morgan fingerprint density at radius 1 is 0.688 bits per heavy atom. The molecule has 0 aliphatic carbocycles. The topological polar surface area (TPSA) is 0 Å². The maximum atomic E-state index is 2.32. The Balaban J connectivity index is 1.92. The highest BCUT2D eigenvalue weighted by Gasteiger charge is 2.04. The third kappa shape index (κ3) is 3.23. The molecule has 2 rings (SSSR count). The first-order valence-corrected chi connectivity index (χ1v) is 5.92. The highest BCUT2D eigenvalue weighted by molar-refractivity contribution is 5.18. The molecule has 0 heteroatoms. The van der Waals surface area contributed by atoms with Gasteiger partial charge < -0.3 is 0 Å². The summed E-state index contributed by atoms with van der Waals surface area (Å²) in [5.74, 6) is 0.699. The Labute approximate surface area is 97.9 Å². The van der Waals surface area contributed by atoms with Crippen molar-refractivity contribution in [1.29, 1.82) is 0 Å². The van der Waals surface area contributed by atoms with Crippen molar-refractivity contribution in [2.24, 2.45) is 5.92 Å². The van der Waals surface area contributed by atoms with E-state index < -0.39 is 0 Å². The molecule has 0 nitrogen and oxygen atoms in total. The van der Waals surface area contributed by atoms with E-state index >= 15 is 0 Å². The van der Waals surface area contributed by atoms with Crippen LogP contribution < -0.4 is 0 Å².